The van der Waals surface area contributed by atoms with Gasteiger partial charge in [-0.15, -0.1) is 0 Å². The number of halogens is 9. The average molecular weight is 456 g/mol. The van der Waals surface area contributed by atoms with E-state index in [0.717, 1.165) is 22.9 Å². The van der Waals surface area contributed by atoms with Crippen LogP contribution in [0, 0.1) is 5.82 Å². The Morgan fingerprint density at radius 1 is 0.933 bits per heavy atom. The van der Waals surface area contributed by atoms with Gasteiger partial charge in [0, 0.05) is 18.2 Å². The second-order valence-electron chi connectivity index (χ2n) is 6.21. The SMILES string of the molecule is Cn1nc(-c2c(F)cccc2Cl)nc1-c1cccc(C(F)(F)C(F)(F)C(F)(F)F)c1. The molecule has 0 unspecified atom stereocenters. The summed E-state index contributed by atoms with van der Waals surface area (Å²) in [6, 6.07) is 6.67. The quantitative estimate of drug-likeness (QED) is 0.437. The maximum absolute atomic E-state index is 14.1. The molecule has 12 heteroatoms. The first-order valence-electron chi connectivity index (χ1n) is 8.06. The molecule has 0 spiro atoms. The minimum atomic E-state index is -6.47. The van der Waals surface area contributed by atoms with Gasteiger partial charge in [-0.2, -0.15) is 35.8 Å². The first-order valence-corrected chi connectivity index (χ1v) is 8.44. The van der Waals surface area contributed by atoms with Crippen LogP contribution in [0.1, 0.15) is 5.56 Å². The van der Waals surface area contributed by atoms with E-state index in [1.807, 2.05) is 0 Å². The van der Waals surface area contributed by atoms with Crippen LogP contribution in [0.3, 0.4) is 0 Å². The first kappa shape index (κ1) is 22.0. The molecule has 3 rings (SSSR count). The van der Waals surface area contributed by atoms with Crippen molar-refractivity contribution in [2.24, 2.45) is 7.05 Å². The second kappa shape index (κ2) is 7.22. The highest BCUT2D eigenvalue weighted by Gasteiger charge is 2.73. The van der Waals surface area contributed by atoms with Crippen molar-refractivity contribution >= 4 is 11.6 Å². The second-order valence-corrected chi connectivity index (χ2v) is 6.61. The summed E-state index contributed by atoms with van der Waals surface area (Å²) < 4.78 is 107. The number of rotatable bonds is 4. The van der Waals surface area contributed by atoms with Crippen molar-refractivity contribution in [3.8, 4) is 22.8 Å². The fraction of sp³-hybridized carbons (Fsp3) is 0.222. The van der Waals surface area contributed by atoms with Crippen molar-refractivity contribution < 1.29 is 35.1 Å². The molecular formula is C18H10ClF8N3. The Balaban J connectivity index is 2.09. The fourth-order valence-electron chi connectivity index (χ4n) is 2.67. The standard InChI is InChI=1S/C18H10ClF8N3/c1-30-15(28-14(29-30)13-11(19)6-3-7-12(13)20)9-4-2-5-10(8-9)16(21,22)17(23,24)18(25,26)27/h2-8H,1H3. The highest BCUT2D eigenvalue weighted by Crippen LogP contribution is 2.52. The van der Waals surface area contributed by atoms with E-state index in [-0.39, 0.29) is 27.8 Å². The van der Waals surface area contributed by atoms with Crippen LogP contribution in [0.5, 0.6) is 0 Å². The van der Waals surface area contributed by atoms with Crippen molar-refractivity contribution in [3.05, 3.63) is 58.9 Å². The molecule has 0 bridgehead atoms. The van der Waals surface area contributed by atoms with Gasteiger partial charge in [-0.05, 0) is 18.2 Å². The average Bonchev–Trinajstić information content (AvgIpc) is 3.02. The molecule has 3 nitrogen and oxygen atoms in total. The normalized spacial score (nSPS) is 13.0. The molecule has 0 radical (unpaired) electrons. The monoisotopic (exact) mass is 455 g/mol. The lowest BCUT2D eigenvalue weighted by Crippen LogP contribution is -2.50. The number of alkyl halides is 7. The van der Waals surface area contributed by atoms with Gasteiger partial charge in [-0.25, -0.2) is 14.1 Å². The van der Waals surface area contributed by atoms with E-state index in [9.17, 15) is 35.1 Å². The van der Waals surface area contributed by atoms with E-state index in [1.54, 1.807) is 0 Å². The summed E-state index contributed by atoms with van der Waals surface area (Å²) in [5, 5.41) is 3.88. The molecule has 160 valence electrons. The van der Waals surface area contributed by atoms with Crippen molar-refractivity contribution in [2.75, 3.05) is 0 Å². The predicted octanol–water partition coefficient (Wildman–Crippen LogP) is 6.23. The van der Waals surface area contributed by atoms with E-state index in [2.05, 4.69) is 10.1 Å². The Morgan fingerprint density at radius 2 is 1.57 bits per heavy atom. The van der Waals surface area contributed by atoms with Gasteiger partial charge in [0.1, 0.15) is 5.82 Å². The van der Waals surface area contributed by atoms with Gasteiger partial charge in [0.25, 0.3) is 0 Å². The predicted molar refractivity (Wildman–Crippen MR) is 91.7 cm³/mol. The Morgan fingerprint density at radius 3 is 2.17 bits per heavy atom. The van der Waals surface area contributed by atoms with E-state index < -0.39 is 29.4 Å². The molecule has 0 aliphatic rings. The first-order chi connectivity index (χ1) is 13.8. The highest BCUT2D eigenvalue weighted by atomic mass is 35.5. The van der Waals surface area contributed by atoms with Crippen LogP contribution in [-0.4, -0.2) is 26.9 Å². The summed E-state index contributed by atoms with van der Waals surface area (Å²) >= 11 is 5.93. The molecule has 30 heavy (non-hydrogen) atoms. The molecule has 3 aromatic rings. The van der Waals surface area contributed by atoms with Crippen LogP contribution >= 0.6 is 11.6 Å². The van der Waals surface area contributed by atoms with Gasteiger partial charge in [0.2, 0.25) is 0 Å². The zero-order valence-corrected chi connectivity index (χ0v) is 15.5. The third-order valence-electron chi connectivity index (χ3n) is 4.18. The topological polar surface area (TPSA) is 30.7 Å². The minimum absolute atomic E-state index is 0.0442. The van der Waals surface area contributed by atoms with Gasteiger partial charge in [0.15, 0.2) is 11.6 Å². The maximum Gasteiger partial charge on any atom is 0.460 e. The lowest BCUT2D eigenvalue weighted by atomic mass is 9.99. The highest BCUT2D eigenvalue weighted by molar-refractivity contribution is 6.33. The third kappa shape index (κ3) is 3.51. The van der Waals surface area contributed by atoms with Crippen LogP contribution in [0.4, 0.5) is 35.1 Å². The molecule has 0 amide bonds. The van der Waals surface area contributed by atoms with Gasteiger partial charge in [-0.1, -0.05) is 35.9 Å². The van der Waals surface area contributed by atoms with Gasteiger partial charge < -0.3 is 0 Å². The number of aromatic nitrogens is 3. The third-order valence-corrected chi connectivity index (χ3v) is 4.50. The molecule has 0 atom stereocenters. The van der Waals surface area contributed by atoms with Crippen molar-refractivity contribution in [1.82, 2.24) is 14.8 Å². The summed E-state index contributed by atoms with van der Waals surface area (Å²) in [5.74, 6) is -13.0. The summed E-state index contributed by atoms with van der Waals surface area (Å²) in [5.41, 5.74) is -2.00. The number of benzene rings is 2. The number of hydrogen-bond donors (Lipinski definition) is 0. The smallest absolute Gasteiger partial charge is 0.248 e. The zero-order chi connectivity index (χ0) is 22.5. The van der Waals surface area contributed by atoms with Crippen LogP contribution < -0.4 is 0 Å². The van der Waals surface area contributed by atoms with Crippen molar-refractivity contribution in [1.29, 1.82) is 0 Å². The Bertz CT molecular complexity index is 1070. The Kier molecular flexibility index (Phi) is 5.30. The van der Waals surface area contributed by atoms with Crippen molar-refractivity contribution in [2.45, 2.75) is 18.0 Å². The molecule has 0 fully saturated rings. The summed E-state index contributed by atoms with van der Waals surface area (Å²) in [4.78, 5) is 3.98. The van der Waals surface area contributed by atoms with Gasteiger partial charge in [-0.3, -0.25) is 0 Å². The molecule has 0 saturated carbocycles. The molecule has 1 aromatic heterocycles. The van der Waals surface area contributed by atoms with Crippen LogP contribution in [0.15, 0.2) is 42.5 Å². The number of nitrogens with zero attached hydrogens (tertiary/aromatic N) is 3. The van der Waals surface area contributed by atoms with Crippen molar-refractivity contribution in [3.63, 3.8) is 0 Å². The van der Waals surface area contributed by atoms with E-state index in [4.69, 9.17) is 11.6 Å². The van der Waals surface area contributed by atoms with E-state index in [1.165, 1.54) is 19.2 Å². The summed E-state index contributed by atoms with van der Waals surface area (Å²) in [6.07, 6.45) is -6.47. The molecule has 2 aromatic carbocycles. The van der Waals surface area contributed by atoms with Gasteiger partial charge in [0.05, 0.1) is 10.6 Å². The van der Waals surface area contributed by atoms with Crippen LogP contribution in [0.25, 0.3) is 22.8 Å². The minimum Gasteiger partial charge on any atom is -0.248 e. The number of aryl methyl sites for hydroxylation is 1. The van der Waals surface area contributed by atoms with Gasteiger partial charge >= 0.3 is 18.0 Å². The molecule has 0 saturated heterocycles. The fourth-order valence-corrected chi connectivity index (χ4v) is 2.91. The maximum atomic E-state index is 14.1. The van der Waals surface area contributed by atoms with E-state index in [0.29, 0.717) is 12.1 Å². The molecule has 0 N–H and O–H groups in total. The van der Waals surface area contributed by atoms with E-state index >= 15 is 0 Å². The summed E-state index contributed by atoms with van der Waals surface area (Å²) in [6.45, 7) is 0. The van der Waals surface area contributed by atoms with Crippen LogP contribution in [0.2, 0.25) is 5.02 Å². The molecule has 0 aliphatic heterocycles. The molecule has 0 aliphatic carbocycles. The summed E-state index contributed by atoms with van der Waals surface area (Å²) in [7, 11) is 1.30. The molecular weight excluding hydrogens is 446 g/mol. The molecule has 1 heterocycles. The lowest BCUT2D eigenvalue weighted by Gasteiger charge is -2.28. The number of hydrogen-bond acceptors (Lipinski definition) is 2. The Hall–Kier alpha value is -2.69. The Labute approximate surface area is 168 Å². The van der Waals surface area contributed by atoms with Crippen LogP contribution in [-0.2, 0) is 13.0 Å². The largest absolute Gasteiger partial charge is 0.460 e. The zero-order valence-electron chi connectivity index (χ0n) is 14.8. The lowest BCUT2D eigenvalue weighted by molar-refractivity contribution is -0.359.